The van der Waals surface area contributed by atoms with E-state index in [0.717, 1.165) is 30.0 Å². The lowest BCUT2D eigenvalue weighted by molar-refractivity contribution is 0.428. The van der Waals surface area contributed by atoms with Crippen molar-refractivity contribution in [2.24, 2.45) is 10.7 Å². The van der Waals surface area contributed by atoms with Crippen LogP contribution >= 0.6 is 0 Å². The Balaban J connectivity index is 1.76. The number of nitrogens with two attached hydrogens (primary N) is 1. The van der Waals surface area contributed by atoms with Crippen LogP contribution in [0.5, 0.6) is 0 Å². The van der Waals surface area contributed by atoms with Crippen LogP contribution in [0, 0.1) is 6.92 Å². The number of rotatable bonds is 3. The molecule has 5 heteroatoms. The Hall–Kier alpha value is -2.30. The van der Waals surface area contributed by atoms with E-state index in [9.17, 15) is 0 Å². The highest BCUT2D eigenvalue weighted by molar-refractivity contribution is 5.78. The van der Waals surface area contributed by atoms with Crippen molar-refractivity contribution in [3.05, 3.63) is 47.8 Å². The van der Waals surface area contributed by atoms with Crippen molar-refractivity contribution in [2.45, 2.75) is 39.2 Å². The van der Waals surface area contributed by atoms with Crippen LogP contribution in [0.2, 0.25) is 0 Å². The number of nitrogens with zero attached hydrogens (tertiary/aromatic N) is 4. The summed E-state index contributed by atoms with van der Waals surface area (Å²) in [7, 11) is 0. The third-order valence-electron chi connectivity index (χ3n) is 4.30. The summed E-state index contributed by atoms with van der Waals surface area (Å²) < 4.78 is 1.91. The van der Waals surface area contributed by atoms with Gasteiger partial charge < -0.3 is 10.6 Å². The summed E-state index contributed by atoms with van der Waals surface area (Å²) in [5.74, 6) is 0.665. The third kappa shape index (κ3) is 3.92. The molecule has 0 unspecified atom stereocenters. The largest absolute Gasteiger partial charge is 0.370 e. The number of hydrogen-bond donors (Lipinski definition) is 1. The first-order valence-electron chi connectivity index (χ1n) is 8.39. The number of aryl methyl sites for hydroxylation is 1. The van der Waals surface area contributed by atoms with Gasteiger partial charge in [0, 0.05) is 19.3 Å². The smallest absolute Gasteiger partial charge is 0.191 e. The Kier molecular flexibility index (Phi) is 4.95. The predicted molar refractivity (Wildman–Crippen MR) is 93.7 cm³/mol. The first-order valence-corrected chi connectivity index (χ1v) is 8.39. The van der Waals surface area contributed by atoms with E-state index in [2.05, 4.69) is 27.1 Å². The molecule has 1 aliphatic heterocycles. The lowest BCUT2D eigenvalue weighted by Gasteiger charge is -2.21. The standard InChI is InChI=1S/C18H25N5/c1-15-10-13-23(21-15)17-9-5-4-8-16(17)14-20-18(19)22-11-6-2-3-7-12-22/h4-5,8-10,13H,2-3,6-7,11-12,14H2,1H3,(H2,19,20). The SMILES string of the molecule is Cc1ccn(-c2ccccc2CN=C(N)N2CCCCCC2)n1. The monoisotopic (exact) mass is 311 g/mol. The molecule has 0 spiro atoms. The normalized spacial score (nSPS) is 16.4. The second-order valence-corrected chi connectivity index (χ2v) is 6.11. The van der Waals surface area contributed by atoms with E-state index in [1.165, 1.54) is 25.7 Å². The molecule has 0 saturated carbocycles. The van der Waals surface area contributed by atoms with Gasteiger partial charge in [-0.2, -0.15) is 5.10 Å². The Bertz CT molecular complexity index is 666. The quantitative estimate of drug-likeness (QED) is 0.700. The zero-order valence-electron chi connectivity index (χ0n) is 13.8. The van der Waals surface area contributed by atoms with E-state index >= 15 is 0 Å². The van der Waals surface area contributed by atoms with Gasteiger partial charge in [-0.05, 0) is 37.5 Å². The van der Waals surface area contributed by atoms with E-state index in [1.54, 1.807) is 0 Å². The molecule has 0 amide bonds. The molecule has 2 N–H and O–H groups in total. The van der Waals surface area contributed by atoms with Gasteiger partial charge in [0.15, 0.2) is 5.96 Å². The van der Waals surface area contributed by atoms with Gasteiger partial charge in [-0.15, -0.1) is 0 Å². The molecule has 1 saturated heterocycles. The molecule has 5 nitrogen and oxygen atoms in total. The van der Waals surface area contributed by atoms with Crippen LogP contribution in [0.1, 0.15) is 36.9 Å². The number of likely N-dealkylation sites (tertiary alicyclic amines) is 1. The maximum absolute atomic E-state index is 6.21. The van der Waals surface area contributed by atoms with Gasteiger partial charge in [-0.3, -0.25) is 0 Å². The summed E-state index contributed by atoms with van der Waals surface area (Å²) in [5, 5.41) is 4.50. The lowest BCUT2D eigenvalue weighted by Crippen LogP contribution is -2.38. The molecule has 1 aromatic heterocycles. The predicted octanol–water partition coefficient (Wildman–Crippen LogP) is 2.87. The van der Waals surface area contributed by atoms with E-state index in [0.29, 0.717) is 12.5 Å². The summed E-state index contributed by atoms with van der Waals surface area (Å²) in [6.07, 6.45) is 6.99. The zero-order valence-corrected chi connectivity index (χ0v) is 13.8. The van der Waals surface area contributed by atoms with Crippen molar-refractivity contribution in [3.63, 3.8) is 0 Å². The van der Waals surface area contributed by atoms with Gasteiger partial charge >= 0.3 is 0 Å². The van der Waals surface area contributed by atoms with Gasteiger partial charge in [0.1, 0.15) is 0 Å². The fourth-order valence-electron chi connectivity index (χ4n) is 2.98. The highest BCUT2D eigenvalue weighted by atomic mass is 15.3. The lowest BCUT2D eigenvalue weighted by atomic mass is 10.2. The van der Waals surface area contributed by atoms with Crippen molar-refractivity contribution in [1.82, 2.24) is 14.7 Å². The van der Waals surface area contributed by atoms with E-state index in [4.69, 9.17) is 5.73 Å². The van der Waals surface area contributed by atoms with E-state index in [1.807, 2.05) is 36.0 Å². The first-order chi connectivity index (χ1) is 11.2. The van der Waals surface area contributed by atoms with Crippen LogP contribution in [-0.2, 0) is 6.54 Å². The molecule has 0 radical (unpaired) electrons. The summed E-state index contributed by atoms with van der Waals surface area (Å²) in [6.45, 7) is 4.62. The van der Waals surface area contributed by atoms with Gasteiger partial charge in [0.05, 0.1) is 17.9 Å². The molecule has 0 bridgehead atoms. The fraction of sp³-hybridized carbons (Fsp3) is 0.444. The molecule has 23 heavy (non-hydrogen) atoms. The number of hydrogen-bond acceptors (Lipinski definition) is 2. The molecular weight excluding hydrogens is 286 g/mol. The fourth-order valence-corrected chi connectivity index (χ4v) is 2.98. The van der Waals surface area contributed by atoms with Crippen LogP contribution in [0.25, 0.3) is 5.69 Å². The molecule has 122 valence electrons. The highest BCUT2D eigenvalue weighted by Gasteiger charge is 2.11. The number of para-hydroxylation sites is 1. The zero-order chi connectivity index (χ0) is 16.1. The second kappa shape index (κ2) is 7.31. The number of benzene rings is 1. The van der Waals surface area contributed by atoms with Gasteiger partial charge in [-0.1, -0.05) is 31.0 Å². The molecule has 2 aromatic rings. The Morgan fingerprint density at radius 1 is 1.13 bits per heavy atom. The minimum atomic E-state index is 0.581. The Labute approximate surface area is 137 Å². The van der Waals surface area contributed by atoms with Crippen molar-refractivity contribution >= 4 is 5.96 Å². The van der Waals surface area contributed by atoms with Crippen molar-refractivity contribution in [3.8, 4) is 5.69 Å². The molecule has 3 rings (SSSR count). The minimum absolute atomic E-state index is 0.581. The highest BCUT2D eigenvalue weighted by Crippen LogP contribution is 2.16. The van der Waals surface area contributed by atoms with Crippen LogP contribution in [0.3, 0.4) is 0 Å². The molecule has 0 aliphatic carbocycles. The van der Waals surface area contributed by atoms with Crippen LogP contribution in [0.15, 0.2) is 41.5 Å². The summed E-state index contributed by atoms with van der Waals surface area (Å²) in [4.78, 5) is 6.85. The summed E-state index contributed by atoms with van der Waals surface area (Å²) >= 11 is 0. The topological polar surface area (TPSA) is 59.4 Å². The van der Waals surface area contributed by atoms with Crippen molar-refractivity contribution in [1.29, 1.82) is 0 Å². The molecule has 2 heterocycles. The number of aromatic nitrogens is 2. The van der Waals surface area contributed by atoms with Gasteiger partial charge in [0.25, 0.3) is 0 Å². The number of aliphatic imine (C=N–C) groups is 1. The van der Waals surface area contributed by atoms with E-state index < -0.39 is 0 Å². The third-order valence-corrected chi connectivity index (χ3v) is 4.30. The second-order valence-electron chi connectivity index (χ2n) is 6.11. The van der Waals surface area contributed by atoms with Crippen molar-refractivity contribution < 1.29 is 0 Å². The van der Waals surface area contributed by atoms with E-state index in [-0.39, 0.29) is 0 Å². The van der Waals surface area contributed by atoms with Gasteiger partial charge in [-0.25, -0.2) is 9.67 Å². The molecule has 1 fully saturated rings. The summed E-state index contributed by atoms with van der Waals surface area (Å²) in [5.41, 5.74) is 9.41. The van der Waals surface area contributed by atoms with Gasteiger partial charge in [0.2, 0.25) is 0 Å². The Morgan fingerprint density at radius 2 is 1.87 bits per heavy atom. The Morgan fingerprint density at radius 3 is 2.57 bits per heavy atom. The van der Waals surface area contributed by atoms with Crippen LogP contribution < -0.4 is 5.73 Å². The molecular formula is C18H25N5. The molecule has 1 aliphatic rings. The minimum Gasteiger partial charge on any atom is -0.370 e. The average molecular weight is 311 g/mol. The summed E-state index contributed by atoms with van der Waals surface area (Å²) in [6, 6.07) is 10.2. The number of guanidine groups is 1. The van der Waals surface area contributed by atoms with Crippen LogP contribution in [-0.4, -0.2) is 33.7 Å². The molecule has 0 atom stereocenters. The first kappa shape index (κ1) is 15.6. The maximum atomic E-state index is 6.21. The van der Waals surface area contributed by atoms with Crippen LogP contribution in [0.4, 0.5) is 0 Å². The average Bonchev–Trinajstić information content (AvgIpc) is 2.83. The maximum Gasteiger partial charge on any atom is 0.191 e. The molecule has 1 aromatic carbocycles. The van der Waals surface area contributed by atoms with Crippen molar-refractivity contribution in [2.75, 3.05) is 13.1 Å².